The van der Waals surface area contributed by atoms with Crippen LogP contribution in [0, 0.1) is 19.3 Å². The molecule has 0 saturated carbocycles. The average molecular weight is 378 g/mol. The third-order valence-corrected chi connectivity index (χ3v) is 4.91. The van der Waals surface area contributed by atoms with E-state index in [0.29, 0.717) is 23.3 Å². The van der Waals surface area contributed by atoms with E-state index in [9.17, 15) is 9.59 Å². The topological polar surface area (TPSA) is 56.5 Å². The summed E-state index contributed by atoms with van der Waals surface area (Å²) in [5, 5.41) is 0.748. The fourth-order valence-electron chi connectivity index (χ4n) is 3.11. The van der Waals surface area contributed by atoms with Gasteiger partial charge < -0.3 is 9.15 Å². The molecule has 0 saturated heterocycles. The number of ether oxygens (including phenoxy) is 1. The molecule has 0 aliphatic heterocycles. The normalized spacial score (nSPS) is 11.6. The predicted octanol–water partition coefficient (Wildman–Crippen LogP) is 4.99. The molecule has 3 rings (SSSR count). The van der Waals surface area contributed by atoms with Gasteiger partial charge in [0.1, 0.15) is 17.9 Å². The van der Waals surface area contributed by atoms with Gasteiger partial charge in [-0.1, -0.05) is 51.1 Å². The molecule has 4 nitrogen and oxygen atoms in total. The highest BCUT2D eigenvalue weighted by Gasteiger charge is 2.23. The summed E-state index contributed by atoms with van der Waals surface area (Å²) in [7, 11) is 0. The molecule has 3 aromatic rings. The van der Waals surface area contributed by atoms with Gasteiger partial charge in [-0.05, 0) is 42.7 Å². The predicted molar refractivity (Wildman–Crippen MR) is 111 cm³/mol. The fourth-order valence-corrected chi connectivity index (χ4v) is 3.11. The number of ketones is 1. The molecule has 0 spiro atoms. The second-order valence-electron chi connectivity index (χ2n) is 8.25. The van der Waals surface area contributed by atoms with Gasteiger partial charge in [-0.2, -0.15) is 0 Å². The first-order valence-electron chi connectivity index (χ1n) is 9.44. The zero-order chi connectivity index (χ0) is 20.5. The minimum Gasteiger partial charge on any atom is -0.485 e. The number of Topliss-reactive ketones (excluding diaryl/α,β-unsaturated/α-hetero) is 1. The van der Waals surface area contributed by atoms with Gasteiger partial charge in [-0.25, -0.2) is 4.79 Å². The first-order chi connectivity index (χ1) is 13.2. The van der Waals surface area contributed by atoms with Crippen molar-refractivity contribution in [2.24, 2.45) is 5.41 Å². The van der Waals surface area contributed by atoms with E-state index >= 15 is 0 Å². The maximum atomic E-state index is 12.6. The van der Waals surface area contributed by atoms with Crippen LogP contribution in [0.25, 0.3) is 11.0 Å². The lowest BCUT2D eigenvalue weighted by atomic mass is 9.91. The van der Waals surface area contributed by atoms with Crippen LogP contribution in [0.1, 0.15) is 43.0 Å². The fraction of sp³-hybridized carbons (Fsp3) is 0.333. The van der Waals surface area contributed by atoms with Crippen LogP contribution in [-0.4, -0.2) is 12.4 Å². The second kappa shape index (κ2) is 7.63. The Kier molecular flexibility index (Phi) is 5.41. The van der Waals surface area contributed by atoms with Crippen LogP contribution in [0.2, 0.25) is 0 Å². The smallest absolute Gasteiger partial charge is 0.340 e. The maximum absolute atomic E-state index is 12.6. The highest BCUT2D eigenvalue weighted by atomic mass is 16.5. The van der Waals surface area contributed by atoms with Crippen molar-refractivity contribution in [1.29, 1.82) is 0 Å². The molecule has 0 fully saturated rings. The van der Waals surface area contributed by atoms with Gasteiger partial charge in [0.15, 0.2) is 5.78 Å². The van der Waals surface area contributed by atoms with E-state index < -0.39 is 5.41 Å². The zero-order valence-electron chi connectivity index (χ0n) is 17.1. The quantitative estimate of drug-likeness (QED) is 0.587. The van der Waals surface area contributed by atoms with Crippen LogP contribution < -0.4 is 10.4 Å². The molecule has 1 aromatic heterocycles. The summed E-state index contributed by atoms with van der Waals surface area (Å²) < 4.78 is 11.5. The molecule has 0 aliphatic rings. The van der Waals surface area contributed by atoms with Crippen LogP contribution in [-0.2, 0) is 11.2 Å². The summed E-state index contributed by atoms with van der Waals surface area (Å²) in [6.45, 7) is 9.41. The molecule has 0 atom stereocenters. The number of rotatable bonds is 5. The van der Waals surface area contributed by atoms with E-state index in [1.165, 1.54) is 0 Å². The first-order valence-corrected chi connectivity index (χ1v) is 9.44. The highest BCUT2D eigenvalue weighted by Crippen LogP contribution is 2.32. The number of aryl methyl sites for hydroxylation is 2. The largest absolute Gasteiger partial charge is 0.485 e. The Balaban J connectivity index is 2.07. The first kappa shape index (κ1) is 19.9. The van der Waals surface area contributed by atoms with Crippen molar-refractivity contribution in [3.63, 3.8) is 0 Å². The van der Waals surface area contributed by atoms with Crippen molar-refractivity contribution in [3.05, 3.63) is 75.1 Å². The number of benzene rings is 2. The van der Waals surface area contributed by atoms with Crippen molar-refractivity contribution >= 4 is 16.8 Å². The Hall–Kier alpha value is -2.88. The van der Waals surface area contributed by atoms with Crippen molar-refractivity contribution in [1.82, 2.24) is 0 Å². The molecular formula is C24H26O4. The molecule has 28 heavy (non-hydrogen) atoms. The zero-order valence-corrected chi connectivity index (χ0v) is 17.1. The lowest BCUT2D eigenvalue weighted by Crippen LogP contribution is -2.26. The molecule has 0 aliphatic carbocycles. The van der Waals surface area contributed by atoms with Gasteiger partial charge >= 0.3 is 5.63 Å². The Morgan fingerprint density at radius 1 is 1.07 bits per heavy atom. The molecule has 146 valence electrons. The number of hydrogen-bond acceptors (Lipinski definition) is 4. The minimum atomic E-state index is -0.473. The summed E-state index contributed by atoms with van der Waals surface area (Å²) in [4.78, 5) is 24.9. The number of carbonyl (C=O) groups excluding carboxylic acids is 1. The van der Waals surface area contributed by atoms with E-state index in [0.717, 1.165) is 22.1 Å². The van der Waals surface area contributed by atoms with E-state index in [2.05, 4.69) is 0 Å². The maximum Gasteiger partial charge on any atom is 0.340 e. The third-order valence-electron chi connectivity index (χ3n) is 4.91. The molecular weight excluding hydrogens is 352 g/mol. The second-order valence-corrected chi connectivity index (χ2v) is 8.25. The van der Waals surface area contributed by atoms with Crippen LogP contribution in [0.5, 0.6) is 5.75 Å². The van der Waals surface area contributed by atoms with Gasteiger partial charge in [0, 0.05) is 17.4 Å². The standard InChI is InChI=1S/C24H26O4/c1-15-11-19(27-14-21(25)24(3,4)5)22-16(2)18(23(26)28-20(22)12-15)13-17-9-7-6-8-10-17/h6-12H,13-14H2,1-5H3. The van der Waals surface area contributed by atoms with Crippen molar-refractivity contribution in [3.8, 4) is 5.75 Å². The molecule has 4 heteroatoms. The Bertz CT molecular complexity index is 1070. The number of fused-ring (bicyclic) bond motifs is 1. The Labute approximate surface area is 165 Å². The molecule has 1 heterocycles. The highest BCUT2D eigenvalue weighted by molar-refractivity contribution is 5.89. The monoisotopic (exact) mass is 378 g/mol. The van der Waals surface area contributed by atoms with E-state index in [-0.39, 0.29) is 18.0 Å². The van der Waals surface area contributed by atoms with Crippen LogP contribution in [0.15, 0.2) is 51.7 Å². The Morgan fingerprint density at radius 2 is 1.75 bits per heavy atom. The van der Waals surface area contributed by atoms with Crippen LogP contribution in [0.3, 0.4) is 0 Å². The number of hydrogen-bond donors (Lipinski definition) is 0. The van der Waals surface area contributed by atoms with Crippen LogP contribution >= 0.6 is 0 Å². The molecule has 0 amide bonds. The molecule has 0 bridgehead atoms. The lowest BCUT2D eigenvalue weighted by Gasteiger charge is -2.18. The lowest BCUT2D eigenvalue weighted by molar-refractivity contribution is -0.128. The van der Waals surface area contributed by atoms with Gasteiger partial charge in [0.25, 0.3) is 0 Å². The van der Waals surface area contributed by atoms with Gasteiger partial charge in [-0.15, -0.1) is 0 Å². The van der Waals surface area contributed by atoms with E-state index in [1.54, 1.807) is 0 Å². The van der Waals surface area contributed by atoms with Crippen molar-refractivity contribution in [2.45, 2.75) is 41.0 Å². The molecule has 0 unspecified atom stereocenters. The molecule has 0 radical (unpaired) electrons. The average Bonchev–Trinajstić information content (AvgIpc) is 2.62. The third kappa shape index (κ3) is 4.16. The van der Waals surface area contributed by atoms with Crippen molar-refractivity contribution < 1.29 is 13.9 Å². The summed E-state index contributed by atoms with van der Waals surface area (Å²) in [6, 6.07) is 13.5. The summed E-state index contributed by atoms with van der Waals surface area (Å²) in [5.41, 5.74) is 3.05. The van der Waals surface area contributed by atoms with Crippen LogP contribution in [0.4, 0.5) is 0 Å². The van der Waals surface area contributed by atoms with E-state index in [4.69, 9.17) is 9.15 Å². The molecule has 2 aromatic carbocycles. The van der Waals surface area contributed by atoms with Crippen molar-refractivity contribution in [2.75, 3.05) is 6.61 Å². The SMILES string of the molecule is Cc1cc(OCC(=O)C(C)(C)C)c2c(C)c(Cc3ccccc3)c(=O)oc2c1. The van der Waals surface area contributed by atoms with Gasteiger partial charge in [-0.3, -0.25) is 4.79 Å². The molecule has 0 N–H and O–H groups in total. The van der Waals surface area contributed by atoms with Gasteiger partial charge in [0.05, 0.1) is 5.39 Å². The minimum absolute atomic E-state index is 0.0155. The summed E-state index contributed by atoms with van der Waals surface area (Å²) in [6.07, 6.45) is 0.485. The van der Waals surface area contributed by atoms with Gasteiger partial charge in [0.2, 0.25) is 0 Å². The Morgan fingerprint density at radius 3 is 2.39 bits per heavy atom. The summed E-state index contributed by atoms with van der Waals surface area (Å²) in [5.74, 6) is 0.588. The number of carbonyl (C=O) groups is 1. The van der Waals surface area contributed by atoms with E-state index in [1.807, 2.05) is 77.1 Å². The summed E-state index contributed by atoms with van der Waals surface area (Å²) >= 11 is 0.